The molecular formula is C11H13FN2. The van der Waals surface area contributed by atoms with E-state index < -0.39 is 6.67 Å². The molecule has 74 valence electrons. The SMILES string of the molecule is FCc1cncc(C2=CCNCC2)c1. The van der Waals surface area contributed by atoms with Gasteiger partial charge in [-0.3, -0.25) is 4.98 Å². The van der Waals surface area contributed by atoms with Gasteiger partial charge in [0.05, 0.1) is 0 Å². The van der Waals surface area contributed by atoms with Crippen LogP contribution in [0.2, 0.25) is 0 Å². The zero-order valence-electron chi connectivity index (χ0n) is 7.96. The molecule has 0 spiro atoms. The highest BCUT2D eigenvalue weighted by Crippen LogP contribution is 2.19. The molecule has 2 heterocycles. The van der Waals surface area contributed by atoms with Gasteiger partial charge in [0.15, 0.2) is 0 Å². The van der Waals surface area contributed by atoms with Crippen molar-refractivity contribution in [2.24, 2.45) is 0 Å². The average molecular weight is 192 g/mol. The molecular weight excluding hydrogens is 179 g/mol. The minimum atomic E-state index is -0.438. The molecule has 1 aromatic heterocycles. The third-order valence-electron chi connectivity index (χ3n) is 2.38. The van der Waals surface area contributed by atoms with Crippen LogP contribution in [0.25, 0.3) is 5.57 Å². The molecule has 0 saturated heterocycles. The Hall–Kier alpha value is -1.22. The smallest absolute Gasteiger partial charge is 0.116 e. The second kappa shape index (κ2) is 4.33. The van der Waals surface area contributed by atoms with Gasteiger partial charge in [-0.25, -0.2) is 4.39 Å². The van der Waals surface area contributed by atoms with Crippen LogP contribution in [0.4, 0.5) is 4.39 Å². The second-order valence-electron chi connectivity index (χ2n) is 3.40. The highest BCUT2D eigenvalue weighted by Gasteiger charge is 2.06. The standard InChI is InChI=1S/C11H13FN2/c12-6-9-5-11(8-14-7-9)10-1-3-13-4-2-10/h1,5,7-8,13H,2-4,6H2. The molecule has 0 unspecified atom stereocenters. The molecule has 1 aromatic rings. The predicted octanol–water partition coefficient (Wildman–Crippen LogP) is 1.93. The first-order valence-corrected chi connectivity index (χ1v) is 4.80. The highest BCUT2D eigenvalue weighted by molar-refractivity contribution is 5.66. The summed E-state index contributed by atoms with van der Waals surface area (Å²) in [5.74, 6) is 0. The van der Waals surface area contributed by atoms with E-state index in [9.17, 15) is 4.39 Å². The van der Waals surface area contributed by atoms with Crippen molar-refractivity contribution in [2.45, 2.75) is 13.1 Å². The molecule has 0 aromatic carbocycles. The van der Waals surface area contributed by atoms with E-state index in [1.165, 1.54) is 5.57 Å². The van der Waals surface area contributed by atoms with Gasteiger partial charge in [-0.15, -0.1) is 0 Å². The highest BCUT2D eigenvalue weighted by atomic mass is 19.1. The fourth-order valence-corrected chi connectivity index (χ4v) is 1.62. The lowest BCUT2D eigenvalue weighted by molar-refractivity contribution is 0.484. The first-order chi connectivity index (χ1) is 6.90. The lowest BCUT2D eigenvalue weighted by Gasteiger charge is -2.14. The van der Waals surface area contributed by atoms with Gasteiger partial charge in [0.1, 0.15) is 6.67 Å². The summed E-state index contributed by atoms with van der Waals surface area (Å²) in [6, 6.07) is 1.88. The Kier molecular flexibility index (Phi) is 2.89. The van der Waals surface area contributed by atoms with E-state index in [1.54, 1.807) is 12.4 Å². The van der Waals surface area contributed by atoms with Crippen molar-refractivity contribution < 1.29 is 4.39 Å². The Morgan fingerprint density at radius 2 is 2.36 bits per heavy atom. The van der Waals surface area contributed by atoms with Crippen LogP contribution in [-0.4, -0.2) is 18.1 Å². The van der Waals surface area contributed by atoms with Crippen LogP contribution in [-0.2, 0) is 6.67 Å². The molecule has 14 heavy (non-hydrogen) atoms. The van der Waals surface area contributed by atoms with Crippen LogP contribution < -0.4 is 5.32 Å². The molecule has 3 heteroatoms. The molecule has 0 radical (unpaired) electrons. The maximum Gasteiger partial charge on any atom is 0.116 e. The van der Waals surface area contributed by atoms with Crippen molar-refractivity contribution in [1.29, 1.82) is 0 Å². The zero-order valence-corrected chi connectivity index (χ0v) is 7.96. The Bertz CT molecular complexity index is 347. The third kappa shape index (κ3) is 1.99. The molecule has 1 N–H and O–H groups in total. The normalized spacial score (nSPS) is 16.5. The Labute approximate surface area is 82.9 Å². The van der Waals surface area contributed by atoms with Crippen LogP contribution in [0.3, 0.4) is 0 Å². The lowest BCUT2D eigenvalue weighted by Crippen LogP contribution is -2.20. The van der Waals surface area contributed by atoms with Gasteiger partial charge in [0.2, 0.25) is 0 Å². The molecule has 0 amide bonds. The van der Waals surface area contributed by atoms with Gasteiger partial charge in [-0.1, -0.05) is 6.08 Å². The second-order valence-corrected chi connectivity index (χ2v) is 3.40. The number of halogens is 1. The van der Waals surface area contributed by atoms with E-state index >= 15 is 0 Å². The maximum atomic E-state index is 12.4. The van der Waals surface area contributed by atoms with E-state index in [-0.39, 0.29) is 0 Å². The van der Waals surface area contributed by atoms with Crippen LogP contribution >= 0.6 is 0 Å². The zero-order chi connectivity index (χ0) is 9.80. The van der Waals surface area contributed by atoms with E-state index in [0.717, 1.165) is 25.1 Å². The number of aromatic nitrogens is 1. The molecule has 0 saturated carbocycles. The fraction of sp³-hybridized carbons (Fsp3) is 0.364. The van der Waals surface area contributed by atoms with Crippen molar-refractivity contribution in [3.05, 3.63) is 35.7 Å². The van der Waals surface area contributed by atoms with Gasteiger partial charge >= 0.3 is 0 Å². The molecule has 1 aliphatic rings. The predicted molar refractivity (Wildman–Crippen MR) is 54.5 cm³/mol. The number of alkyl halides is 1. The van der Waals surface area contributed by atoms with Crippen LogP contribution in [0.15, 0.2) is 24.5 Å². The largest absolute Gasteiger partial charge is 0.313 e. The van der Waals surface area contributed by atoms with Crippen molar-refractivity contribution in [1.82, 2.24) is 10.3 Å². The Morgan fingerprint density at radius 1 is 1.43 bits per heavy atom. The van der Waals surface area contributed by atoms with Crippen molar-refractivity contribution in [2.75, 3.05) is 13.1 Å². The summed E-state index contributed by atoms with van der Waals surface area (Å²) in [7, 11) is 0. The van der Waals surface area contributed by atoms with Gasteiger partial charge in [-0.2, -0.15) is 0 Å². The number of rotatable bonds is 2. The Morgan fingerprint density at radius 3 is 3.07 bits per heavy atom. The minimum absolute atomic E-state index is 0.438. The van der Waals surface area contributed by atoms with E-state index in [2.05, 4.69) is 16.4 Å². The summed E-state index contributed by atoms with van der Waals surface area (Å²) < 4.78 is 12.4. The monoisotopic (exact) mass is 192 g/mol. The van der Waals surface area contributed by atoms with E-state index in [4.69, 9.17) is 0 Å². The lowest BCUT2D eigenvalue weighted by atomic mass is 10.0. The van der Waals surface area contributed by atoms with E-state index in [1.807, 2.05) is 6.07 Å². The first-order valence-electron chi connectivity index (χ1n) is 4.80. The molecule has 0 aliphatic carbocycles. The summed E-state index contributed by atoms with van der Waals surface area (Å²) in [5.41, 5.74) is 2.98. The topological polar surface area (TPSA) is 24.9 Å². The quantitative estimate of drug-likeness (QED) is 0.774. The van der Waals surface area contributed by atoms with Gasteiger partial charge in [0.25, 0.3) is 0 Å². The van der Waals surface area contributed by atoms with Gasteiger partial charge in [0, 0.05) is 24.5 Å². The summed E-state index contributed by atoms with van der Waals surface area (Å²) >= 11 is 0. The third-order valence-corrected chi connectivity index (χ3v) is 2.38. The van der Waals surface area contributed by atoms with Gasteiger partial charge < -0.3 is 5.32 Å². The number of nitrogens with zero attached hydrogens (tertiary/aromatic N) is 1. The average Bonchev–Trinajstić information content (AvgIpc) is 2.30. The maximum absolute atomic E-state index is 12.4. The van der Waals surface area contributed by atoms with Crippen LogP contribution in [0.1, 0.15) is 17.5 Å². The number of hydrogen-bond donors (Lipinski definition) is 1. The number of pyridine rings is 1. The summed E-state index contributed by atoms with van der Waals surface area (Å²) in [6.07, 6.45) is 6.52. The Balaban J connectivity index is 2.26. The van der Waals surface area contributed by atoms with Gasteiger partial charge in [-0.05, 0) is 30.2 Å². The molecule has 0 fully saturated rings. The van der Waals surface area contributed by atoms with Crippen molar-refractivity contribution in [3.8, 4) is 0 Å². The first kappa shape index (κ1) is 9.34. The van der Waals surface area contributed by atoms with E-state index in [0.29, 0.717) is 5.56 Å². The summed E-state index contributed by atoms with van der Waals surface area (Å²) in [4.78, 5) is 4.03. The van der Waals surface area contributed by atoms with Crippen LogP contribution in [0.5, 0.6) is 0 Å². The van der Waals surface area contributed by atoms with Crippen LogP contribution in [0, 0.1) is 0 Å². The molecule has 1 aliphatic heterocycles. The number of hydrogen-bond acceptors (Lipinski definition) is 2. The van der Waals surface area contributed by atoms with Crippen molar-refractivity contribution in [3.63, 3.8) is 0 Å². The summed E-state index contributed by atoms with van der Waals surface area (Å²) in [5, 5.41) is 3.24. The molecule has 0 bridgehead atoms. The van der Waals surface area contributed by atoms with Crippen molar-refractivity contribution >= 4 is 5.57 Å². The molecule has 2 rings (SSSR count). The molecule has 0 atom stereocenters. The molecule has 2 nitrogen and oxygen atoms in total. The minimum Gasteiger partial charge on any atom is -0.313 e. The summed E-state index contributed by atoms with van der Waals surface area (Å²) in [6.45, 7) is 1.45. The number of nitrogens with one attached hydrogen (secondary N) is 1. The fourth-order valence-electron chi connectivity index (χ4n) is 1.62.